The first-order valence-corrected chi connectivity index (χ1v) is 7.57. The van der Waals surface area contributed by atoms with Crippen LogP contribution in [0.2, 0.25) is 0 Å². The summed E-state index contributed by atoms with van der Waals surface area (Å²) in [6, 6.07) is 12.7. The van der Waals surface area contributed by atoms with Crippen molar-refractivity contribution in [2.75, 3.05) is 11.4 Å². The standard InChI is InChI=1S/C17H22N4/c1-13(2)9-18-10-16-7-8-17(20-19-16)21-11-14-5-3-4-6-15(14)12-21/h3-8,13,18H,9-12H2,1-2H3. The molecule has 0 saturated heterocycles. The van der Waals surface area contributed by atoms with Gasteiger partial charge < -0.3 is 10.2 Å². The highest BCUT2D eigenvalue weighted by Gasteiger charge is 2.19. The first kappa shape index (κ1) is 14.0. The fourth-order valence-electron chi connectivity index (χ4n) is 2.60. The zero-order valence-corrected chi connectivity index (χ0v) is 12.7. The average molecular weight is 282 g/mol. The van der Waals surface area contributed by atoms with Crippen LogP contribution in [0.4, 0.5) is 5.82 Å². The van der Waals surface area contributed by atoms with Crippen molar-refractivity contribution in [3.05, 3.63) is 53.2 Å². The van der Waals surface area contributed by atoms with Crippen LogP contribution >= 0.6 is 0 Å². The molecule has 0 bridgehead atoms. The van der Waals surface area contributed by atoms with Gasteiger partial charge in [0, 0.05) is 19.6 Å². The lowest BCUT2D eigenvalue weighted by atomic mass is 10.1. The molecule has 4 nitrogen and oxygen atoms in total. The SMILES string of the molecule is CC(C)CNCc1ccc(N2Cc3ccccc3C2)nn1. The van der Waals surface area contributed by atoms with Gasteiger partial charge in [-0.2, -0.15) is 5.10 Å². The number of anilines is 1. The van der Waals surface area contributed by atoms with Crippen molar-refractivity contribution < 1.29 is 0 Å². The van der Waals surface area contributed by atoms with Crippen molar-refractivity contribution in [2.45, 2.75) is 33.5 Å². The number of nitrogens with one attached hydrogen (secondary N) is 1. The first-order valence-electron chi connectivity index (χ1n) is 7.57. The summed E-state index contributed by atoms with van der Waals surface area (Å²) in [6.45, 7) is 8.04. The number of hydrogen-bond acceptors (Lipinski definition) is 4. The van der Waals surface area contributed by atoms with Crippen LogP contribution in [0, 0.1) is 5.92 Å². The van der Waals surface area contributed by atoms with Gasteiger partial charge in [0.05, 0.1) is 5.69 Å². The molecule has 4 heteroatoms. The Hall–Kier alpha value is -1.94. The smallest absolute Gasteiger partial charge is 0.151 e. The molecule has 2 heterocycles. The third kappa shape index (κ3) is 3.39. The molecule has 1 aliphatic heterocycles. The normalized spacial score (nSPS) is 13.8. The molecule has 1 aromatic carbocycles. The second-order valence-electron chi connectivity index (χ2n) is 6.03. The van der Waals surface area contributed by atoms with Gasteiger partial charge in [-0.25, -0.2) is 0 Å². The van der Waals surface area contributed by atoms with Crippen LogP contribution in [0.3, 0.4) is 0 Å². The Bertz CT molecular complexity index is 567. The molecule has 1 aromatic heterocycles. The molecule has 0 unspecified atom stereocenters. The molecular weight excluding hydrogens is 260 g/mol. The molecule has 21 heavy (non-hydrogen) atoms. The predicted octanol–water partition coefficient (Wildman–Crippen LogP) is 2.74. The van der Waals surface area contributed by atoms with Gasteiger partial charge in [0.15, 0.2) is 5.82 Å². The van der Waals surface area contributed by atoms with Gasteiger partial charge in [0.1, 0.15) is 0 Å². The summed E-state index contributed by atoms with van der Waals surface area (Å²) in [7, 11) is 0. The molecule has 110 valence electrons. The number of fused-ring (bicyclic) bond motifs is 1. The Kier molecular flexibility index (Phi) is 4.15. The van der Waals surface area contributed by atoms with E-state index in [-0.39, 0.29) is 0 Å². The maximum absolute atomic E-state index is 4.38. The third-order valence-electron chi connectivity index (χ3n) is 3.73. The van der Waals surface area contributed by atoms with Gasteiger partial charge in [-0.1, -0.05) is 38.1 Å². The van der Waals surface area contributed by atoms with Crippen molar-refractivity contribution in [3.8, 4) is 0 Å². The van der Waals surface area contributed by atoms with E-state index < -0.39 is 0 Å². The van der Waals surface area contributed by atoms with Crippen LogP contribution in [0.25, 0.3) is 0 Å². The topological polar surface area (TPSA) is 41.0 Å². The van der Waals surface area contributed by atoms with E-state index in [4.69, 9.17) is 0 Å². The highest BCUT2D eigenvalue weighted by molar-refractivity contribution is 5.46. The molecule has 0 fully saturated rings. The van der Waals surface area contributed by atoms with Crippen molar-refractivity contribution >= 4 is 5.82 Å². The van der Waals surface area contributed by atoms with Crippen LogP contribution in [0.1, 0.15) is 30.7 Å². The Labute approximate surface area is 126 Å². The molecule has 0 saturated carbocycles. The van der Waals surface area contributed by atoms with Crippen molar-refractivity contribution in [1.82, 2.24) is 15.5 Å². The number of nitrogens with zero attached hydrogens (tertiary/aromatic N) is 3. The van der Waals surface area contributed by atoms with Crippen LogP contribution in [-0.4, -0.2) is 16.7 Å². The van der Waals surface area contributed by atoms with Gasteiger partial charge in [-0.3, -0.25) is 0 Å². The second-order valence-corrected chi connectivity index (χ2v) is 6.03. The van der Waals surface area contributed by atoms with Crippen molar-refractivity contribution in [2.24, 2.45) is 5.92 Å². The summed E-state index contributed by atoms with van der Waals surface area (Å²) in [6.07, 6.45) is 0. The fourth-order valence-corrected chi connectivity index (χ4v) is 2.60. The minimum atomic E-state index is 0.653. The van der Waals surface area contributed by atoms with E-state index in [1.54, 1.807) is 0 Å². The quantitative estimate of drug-likeness (QED) is 0.915. The largest absolute Gasteiger partial charge is 0.346 e. The molecule has 1 aliphatic rings. The van der Waals surface area contributed by atoms with E-state index >= 15 is 0 Å². The monoisotopic (exact) mass is 282 g/mol. The maximum atomic E-state index is 4.38. The van der Waals surface area contributed by atoms with E-state index in [1.807, 2.05) is 0 Å². The molecule has 0 amide bonds. The summed E-state index contributed by atoms with van der Waals surface area (Å²) in [4.78, 5) is 2.27. The Morgan fingerprint density at radius 3 is 2.33 bits per heavy atom. The predicted molar refractivity (Wildman–Crippen MR) is 84.9 cm³/mol. The summed E-state index contributed by atoms with van der Waals surface area (Å²) >= 11 is 0. The van der Waals surface area contributed by atoms with Crippen molar-refractivity contribution in [1.29, 1.82) is 0 Å². The lowest BCUT2D eigenvalue weighted by Crippen LogP contribution is -2.21. The zero-order valence-electron chi connectivity index (χ0n) is 12.7. The van der Waals surface area contributed by atoms with Crippen LogP contribution < -0.4 is 10.2 Å². The lowest BCUT2D eigenvalue weighted by molar-refractivity contribution is 0.546. The molecule has 0 radical (unpaired) electrons. The van der Waals surface area contributed by atoms with Crippen molar-refractivity contribution in [3.63, 3.8) is 0 Å². The molecule has 3 rings (SSSR count). The van der Waals surface area contributed by atoms with Gasteiger partial charge in [0.2, 0.25) is 0 Å². The van der Waals surface area contributed by atoms with E-state index in [1.165, 1.54) is 11.1 Å². The number of benzene rings is 1. The Morgan fingerprint density at radius 2 is 1.76 bits per heavy atom. The first-order chi connectivity index (χ1) is 10.2. The van der Waals surface area contributed by atoms with Crippen LogP contribution in [0.15, 0.2) is 36.4 Å². The van der Waals surface area contributed by atoms with Crippen LogP contribution in [-0.2, 0) is 19.6 Å². The lowest BCUT2D eigenvalue weighted by Gasteiger charge is -2.15. The number of rotatable bonds is 5. The average Bonchev–Trinajstić information content (AvgIpc) is 2.91. The molecule has 2 aromatic rings. The fraction of sp³-hybridized carbons (Fsp3) is 0.412. The molecule has 0 spiro atoms. The third-order valence-corrected chi connectivity index (χ3v) is 3.73. The Balaban J connectivity index is 1.61. The molecule has 0 aliphatic carbocycles. The minimum absolute atomic E-state index is 0.653. The maximum Gasteiger partial charge on any atom is 0.151 e. The summed E-state index contributed by atoms with van der Waals surface area (Å²) < 4.78 is 0. The second kappa shape index (κ2) is 6.22. The molecular formula is C17H22N4. The summed E-state index contributed by atoms with van der Waals surface area (Å²) in [5.41, 5.74) is 3.78. The van der Waals surface area contributed by atoms with E-state index in [0.717, 1.165) is 37.7 Å². The minimum Gasteiger partial charge on any atom is -0.346 e. The van der Waals surface area contributed by atoms with E-state index in [2.05, 4.69) is 70.7 Å². The van der Waals surface area contributed by atoms with Crippen LogP contribution in [0.5, 0.6) is 0 Å². The van der Waals surface area contributed by atoms with Gasteiger partial charge in [-0.05, 0) is 35.7 Å². The number of hydrogen-bond donors (Lipinski definition) is 1. The molecule has 0 atom stereocenters. The van der Waals surface area contributed by atoms with E-state index in [9.17, 15) is 0 Å². The zero-order chi connectivity index (χ0) is 14.7. The van der Waals surface area contributed by atoms with Gasteiger partial charge in [-0.15, -0.1) is 5.10 Å². The van der Waals surface area contributed by atoms with E-state index in [0.29, 0.717) is 5.92 Å². The summed E-state index contributed by atoms with van der Waals surface area (Å²) in [5.74, 6) is 1.61. The molecule has 1 N–H and O–H groups in total. The highest BCUT2D eigenvalue weighted by atomic mass is 15.3. The van der Waals surface area contributed by atoms with Gasteiger partial charge in [0.25, 0.3) is 0 Å². The highest BCUT2D eigenvalue weighted by Crippen LogP contribution is 2.26. The number of aromatic nitrogens is 2. The Morgan fingerprint density at radius 1 is 1.05 bits per heavy atom. The van der Waals surface area contributed by atoms with Gasteiger partial charge >= 0.3 is 0 Å². The summed E-state index contributed by atoms with van der Waals surface area (Å²) in [5, 5.41) is 12.1.